The molecule has 0 unspecified atom stereocenters. The quantitative estimate of drug-likeness (QED) is 0.457. The Morgan fingerprint density at radius 2 is 2.06 bits per heavy atom. The number of ether oxygens (including phenoxy) is 2. The molecule has 5 rings (SSSR count). The van der Waals surface area contributed by atoms with Crippen molar-refractivity contribution < 1.29 is 20.4 Å². The van der Waals surface area contributed by atoms with Crippen LogP contribution in [0.4, 0.5) is 23.1 Å². The van der Waals surface area contributed by atoms with E-state index in [9.17, 15) is 0 Å². The second-order valence-corrected chi connectivity index (χ2v) is 6.82. The van der Waals surface area contributed by atoms with Crippen LogP contribution in [-0.2, 0) is 11.8 Å². The van der Waals surface area contributed by atoms with E-state index in [-0.39, 0.29) is 22.4 Å². The third kappa shape index (κ3) is 4.24. The number of pyridine rings is 2. The maximum Gasteiger partial charge on any atom is 0.269 e. The minimum Gasteiger partial charge on any atom is -0.435 e. The van der Waals surface area contributed by atoms with Crippen molar-refractivity contribution in [1.82, 2.24) is 29.7 Å². The summed E-state index contributed by atoms with van der Waals surface area (Å²) in [5.74, 6) is 0.439. The van der Waals surface area contributed by atoms with Gasteiger partial charge in [-0.05, 0) is 30.7 Å². The Morgan fingerprint density at radius 1 is 1.21 bits per heavy atom. The van der Waals surface area contributed by atoms with Gasteiger partial charge in [0.15, 0.2) is 29.2 Å². The van der Waals surface area contributed by atoms with Crippen molar-refractivity contribution in [3.05, 3.63) is 53.8 Å². The third-order valence-electron chi connectivity index (χ3n) is 4.58. The molecule has 0 aromatic carbocycles. The number of morpholine rings is 1. The fourth-order valence-corrected chi connectivity index (χ4v) is 2.99. The molecule has 11 heteroatoms. The molecule has 1 fully saturated rings. The van der Waals surface area contributed by atoms with Gasteiger partial charge in [-0.25, -0.2) is 4.98 Å². The molecule has 11 nitrogen and oxygen atoms in total. The lowest BCUT2D eigenvalue weighted by molar-refractivity contribution is 0.122. The lowest BCUT2D eigenvalue weighted by atomic mass is 10.2. The van der Waals surface area contributed by atoms with Gasteiger partial charge in [0.2, 0.25) is 5.88 Å². The van der Waals surface area contributed by atoms with Crippen LogP contribution >= 0.6 is 0 Å². The van der Waals surface area contributed by atoms with Gasteiger partial charge in [0.25, 0.3) is 5.82 Å². The van der Waals surface area contributed by atoms with Crippen molar-refractivity contribution in [2.75, 3.05) is 36.3 Å². The molecule has 0 atom stereocenters. The number of fused-ring (bicyclic) bond motifs is 1. The summed E-state index contributed by atoms with van der Waals surface area (Å²) in [5.41, 5.74) is 1.98. The predicted octanol–water partition coefficient (Wildman–Crippen LogP) is 3.39. The van der Waals surface area contributed by atoms with Crippen LogP contribution in [0.15, 0.2) is 36.8 Å². The third-order valence-corrected chi connectivity index (χ3v) is 4.58. The van der Waals surface area contributed by atoms with E-state index in [2.05, 4.69) is 40.0 Å². The number of hydrogen-bond acceptors (Lipinski definition) is 9. The van der Waals surface area contributed by atoms with E-state index in [1.807, 2.05) is 0 Å². The first-order valence-electron chi connectivity index (χ1n) is 13.5. The Labute approximate surface area is 201 Å². The Bertz CT molecular complexity index is 1660. The summed E-state index contributed by atoms with van der Waals surface area (Å²) < 4.78 is 76.3. The van der Waals surface area contributed by atoms with Crippen LogP contribution < -0.4 is 15.0 Å². The molecule has 4 aromatic heterocycles. The Hall–Kier alpha value is -4.30. The predicted molar refractivity (Wildman–Crippen MR) is 122 cm³/mol. The fraction of sp³-hybridized carbons (Fsp3) is 0.273. The molecule has 4 aromatic rings. The minimum absolute atomic E-state index is 0.123. The van der Waals surface area contributed by atoms with Crippen molar-refractivity contribution in [3.8, 4) is 11.6 Å². The summed E-state index contributed by atoms with van der Waals surface area (Å²) in [5, 5.41) is 10.9. The Morgan fingerprint density at radius 3 is 2.79 bits per heavy atom. The zero-order valence-corrected chi connectivity index (χ0v) is 17.4. The molecule has 1 aliphatic rings. The molecule has 33 heavy (non-hydrogen) atoms. The molecule has 0 saturated carbocycles. The van der Waals surface area contributed by atoms with Crippen LogP contribution in [-0.4, -0.2) is 55.8 Å². The number of aryl methyl sites for hydroxylation is 2. The average Bonchev–Trinajstić information content (AvgIpc) is 3.25. The molecule has 0 radical (unpaired) electrons. The van der Waals surface area contributed by atoms with Crippen molar-refractivity contribution in [2.24, 2.45) is 7.05 Å². The van der Waals surface area contributed by atoms with E-state index >= 15 is 0 Å². The van der Waals surface area contributed by atoms with Gasteiger partial charge >= 0.3 is 0 Å². The molecule has 0 spiro atoms. The first kappa shape index (κ1) is 13.3. The maximum atomic E-state index is 8.19. The normalized spacial score (nSPS) is 23.4. The number of nitrogens with zero attached hydrogens (tertiary/aromatic N) is 8. The highest BCUT2D eigenvalue weighted by Crippen LogP contribution is 2.31. The van der Waals surface area contributed by atoms with E-state index in [0.717, 1.165) is 0 Å². The van der Waals surface area contributed by atoms with E-state index < -0.39 is 31.9 Å². The first-order valence-corrected chi connectivity index (χ1v) is 9.53. The number of nitrogens with one attached hydrogen (secondary N) is 1. The number of hydrogen-bond donors (Lipinski definition) is 1. The molecule has 1 N–H and O–H groups in total. The standard InChI is InChI=1S/C22H21N9O2/c1-14-10-18(23-2)24-12-16(14)33-20-11-15(21-22(27-20)30(3)13-25-21)26-17-4-5-19(29-28-17)31-6-8-32-9-7-31/h4-5,10-13H,6-9H2,1,3H3,(H,26,27,28)/i6D2,7D2,8D2,9D2. The van der Waals surface area contributed by atoms with Gasteiger partial charge in [-0.2, -0.15) is 4.98 Å². The average molecular weight is 452 g/mol. The van der Waals surface area contributed by atoms with E-state index in [1.165, 1.54) is 18.3 Å². The van der Waals surface area contributed by atoms with Crippen LogP contribution in [0.25, 0.3) is 16.0 Å². The van der Waals surface area contributed by atoms with Crippen molar-refractivity contribution in [2.45, 2.75) is 6.92 Å². The second-order valence-electron chi connectivity index (χ2n) is 6.82. The van der Waals surface area contributed by atoms with Gasteiger partial charge in [0.1, 0.15) is 5.52 Å². The first-order chi connectivity index (χ1) is 19.1. The summed E-state index contributed by atoms with van der Waals surface area (Å²) in [6.07, 6.45) is 2.96. The van der Waals surface area contributed by atoms with Gasteiger partial charge in [-0.1, -0.05) is 6.57 Å². The van der Waals surface area contributed by atoms with E-state index in [0.29, 0.717) is 28.2 Å². The summed E-state index contributed by atoms with van der Waals surface area (Å²) in [4.78, 5) is 16.4. The molecular weight excluding hydrogens is 422 g/mol. The lowest BCUT2D eigenvalue weighted by Gasteiger charge is -2.27. The molecular formula is C22H21N9O2. The van der Waals surface area contributed by atoms with Gasteiger partial charge in [0, 0.05) is 26.1 Å². The number of imidazole rings is 1. The van der Waals surface area contributed by atoms with Crippen LogP contribution in [0.1, 0.15) is 16.5 Å². The van der Waals surface area contributed by atoms with Crippen molar-refractivity contribution in [3.63, 3.8) is 0 Å². The number of anilines is 3. The zero-order valence-electron chi connectivity index (χ0n) is 25.4. The summed E-state index contributed by atoms with van der Waals surface area (Å²) in [6.45, 7) is -3.86. The van der Waals surface area contributed by atoms with Gasteiger partial charge in [0.05, 0.1) is 36.1 Å². The molecule has 0 bridgehead atoms. The topological polar surface area (TPSA) is 107 Å². The van der Waals surface area contributed by atoms with Gasteiger partial charge < -0.3 is 29.1 Å². The molecule has 0 amide bonds. The van der Waals surface area contributed by atoms with Crippen LogP contribution in [0.2, 0.25) is 0 Å². The Kier molecular flexibility index (Phi) is 3.50. The molecule has 0 aliphatic carbocycles. The fourth-order valence-electron chi connectivity index (χ4n) is 2.99. The van der Waals surface area contributed by atoms with Crippen LogP contribution in [0.3, 0.4) is 0 Å². The van der Waals surface area contributed by atoms with Crippen LogP contribution in [0.5, 0.6) is 11.6 Å². The summed E-state index contributed by atoms with van der Waals surface area (Å²) in [7, 11) is 1.74. The zero-order chi connectivity index (χ0) is 30.0. The molecule has 5 heterocycles. The van der Waals surface area contributed by atoms with E-state index in [1.54, 1.807) is 37.0 Å². The molecule has 166 valence electrons. The van der Waals surface area contributed by atoms with Crippen molar-refractivity contribution >= 4 is 34.3 Å². The highest BCUT2D eigenvalue weighted by Gasteiger charge is 2.16. The smallest absolute Gasteiger partial charge is 0.269 e. The summed E-state index contributed by atoms with van der Waals surface area (Å²) >= 11 is 0. The summed E-state index contributed by atoms with van der Waals surface area (Å²) in [6, 6.07) is 5.64. The highest BCUT2D eigenvalue weighted by atomic mass is 16.5. The van der Waals surface area contributed by atoms with Gasteiger partial charge in [-0.15, -0.1) is 15.2 Å². The van der Waals surface area contributed by atoms with Crippen molar-refractivity contribution in [1.29, 1.82) is 0 Å². The number of rotatable bonds is 5. The second kappa shape index (κ2) is 8.68. The Balaban J connectivity index is 1.48. The number of aromatic nitrogens is 6. The largest absolute Gasteiger partial charge is 0.435 e. The molecule has 1 saturated heterocycles. The SMILES string of the molecule is [2H]C1([2H])OC([2H])([2H])C([2H])([2H])N(c2ccc(Nc3cc(Oc4cnc([N+]#[C-])cc4C)nc4c3ncn4C)nn2)C1([2H])[2H]. The minimum atomic E-state index is -3.22. The highest BCUT2D eigenvalue weighted by molar-refractivity contribution is 5.88. The van der Waals surface area contributed by atoms with E-state index in [4.69, 9.17) is 22.3 Å². The lowest BCUT2D eigenvalue weighted by Crippen LogP contribution is -2.36. The maximum absolute atomic E-state index is 8.19. The monoisotopic (exact) mass is 451 g/mol. The van der Waals surface area contributed by atoms with Gasteiger partial charge in [-0.3, -0.25) is 0 Å². The molecule has 1 aliphatic heterocycles. The van der Waals surface area contributed by atoms with Crippen LogP contribution in [0, 0.1) is 13.5 Å².